The first-order valence-electron chi connectivity index (χ1n) is 20.5. The van der Waals surface area contributed by atoms with Crippen LogP contribution in [0.1, 0.15) is 0 Å². The van der Waals surface area contributed by atoms with E-state index in [1.807, 2.05) is 48.5 Å². The highest BCUT2D eigenvalue weighted by Crippen LogP contribution is 2.40. The smallest absolute Gasteiger partial charge is 0.164 e. The van der Waals surface area contributed by atoms with Crippen LogP contribution in [0, 0.1) is 0 Å². The topological polar surface area (TPSA) is 51.8 Å². The van der Waals surface area contributed by atoms with Gasteiger partial charge in [0.15, 0.2) is 17.5 Å². The average Bonchev–Trinajstić information content (AvgIpc) is 3.73. The Hall–Kier alpha value is -8.21. The summed E-state index contributed by atoms with van der Waals surface area (Å²) in [4.78, 5) is 15.3. The normalized spacial score (nSPS) is 11.3. The maximum atomic E-state index is 6.50. The van der Waals surface area contributed by atoms with Crippen LogP contribution in [0.2, 0.25) is 0 Å². The van der Waals surface area contributed by atoms with Gasteiger partial charge in [0.25, 0.3) is 0 Å². The first-order chi connectivity index (χ1) is 30.2. The fourth-order valence-corrected chi connectivity index (χ4v) is 8.30. The van der Waals surface area contributed by atoms with Crippen molar-refractivity contribution in [3.63, 3.8) is 0 Å². The molecular formula is C57H37N3O. The van der Waals surface area contributed by atoms with E-state index in [-0.39, 0.29) is 0 Å². The third-order valence-electron chi connectivity index (χ3n) is 11.4. The Balaban J connectivity index is 0.969. The second kappa shape index (κ2) is 15.5. The standard InChI is InChI=1S/C57H37N3O/c1-4-14-38(15-5-1)39-28-32-44(33-29-39)56-58-55(43-18-8-3-9-19-43)59-57(60-56)50-24-13-25-53-54(50)51-37-47(34-35-52(51)61-53)46-21-12-20-45(36-46)40-26-30-42(31-27-40)49-23-11-10-22-48(49)41-16-6-2-7-17-41/h1-37H. The number of hydrogen-bond donors (Lipinski definition) is 0. The second-order valence-electron chi connectivity index (χ2n) is 15.2. The van der Waals surface area contributed by atoms with E-state index in [1.54, 1.807) is 0 Å². The molecule has 0 bridgehead atoms. The van der Waals surface area contributed by atoms with E-state index in [9.17, 15) is 0 Å². The van der Waals surface area contributed by atoms with Gasteiger partial charge in [0.1, 0.15) is 11.2 Å². The minimum Gasteiger partial charge on any atom is -0.456 e. The van der Waals surface area contributed by atoms with Crippen molar-refractivity contribution in [2.24, 2.45) is 0 Å². The van der Waals surface area contributed by atoms with Gasteiger partial charge in [-0.3, -0.25) is 0 Å². The molecule has 2 aromatic heterocycles. The van der Waals surface area contributed by atoms with E-state index in [2.05, 4.69) is 176 Å². The minimum absolute atomic E-state index is 0.589. The monoisotopic (exact) mass is 779 g/mol. The molecule has 0 aliphatic carbocycles. The molecule has 0 N–H and O–H groups in total. The fraction of sp³-hybridized carbons (Fsp3) is 0. The third-order valence-corrected chi connectivity index (χ3v) is 11.4. The van der Waals surface area contributed by atoms with E-state index in [4.69, 9.17) is 19.4 Å². The van der Waals surface area contributed by atoms with Crippen molar-refractivity contribution >= 4 is 21.9 Å². The fourth-order valence-electron chi connectivity index (χ4n) is 8.30. The molecule has 9 aromatic carbocycles. The molecule has 0 fully saturated rings. The van der Waals surface area contributed by atoms with E-state index < -0.39 is 0 Å². The molecule has 0 aliphatic heterocycles. The molecule has 11 aromatic rings. The van der Waals surface area contributed by atoms with Gasteiger partial charge in [-0.25, -0.2) is 15.0 Å². The first kappa shape index (κ1) is 35.9. The van der Waals surface area contributed by atoms with E-state index in [1.165, 1.54) is 22.3 Å². The molecule has 0 amide bonds. The zero-order valence-electron chi connectivity index (χ0n) is 33.1. The van der Waals surface area contributed by atoms with Crippen LogP contribution in [-0.4, -0.2) is 15.0 Å². The van der Waals surface area contributed by atoms with Crippen molar-refractivity contribution in [3.8, 4) is 89.8 Å². The molecule has 4 nitrogen and oxygen atoms in total. The summed E-state index contributed by atoms with van der Waals surface area (Å²) in [5.74, 6) is 1.81. The van der Waals surface area contributed by atoms with Gasteiger partial charge in [0.2, 0.25) is 0 Å². The SMILES string of the molecule is c1ccc(-c2ccc(-c3nc(-c4ccccc4)nc(-c4cccc5oc6ccc(-c7cccc(-c8ccc(-c9ccccc9-c9ccccc9)cc8)c7)cc6c45)n3)cc2)cc1. The summed E-state index contributed by atoms with van der Waals surface area (Å²) in [5, 5.41) is 1.97. The molecule has 0 aliphatic rings. The van der Waals surface area contributed by atoms with Gasteiger partial charge in [-0.05, 0) is 79.9 Å². The molecule has 0 atom stereocenters. The number of aromatic nitrogens is 3. The summed E-state index contributed by atoms with van der Waals surface area (Å²) < 4.78 is 6.50. The first-order valence-corrected chi connectivity index (χ1v) is 20.5. The molecule has 61 heavy (non-hydrogen) atoms. The Morgan fingerprint density at radius 3 is 1.30 bits per heavy atom. The maximum absolute atomic E-state index is 6.50. The number of furan rings is 1. The highest BCUT2D eigenvalue weighted by atomic mass is 16.3. The lowest BCUT2D eigenvalue weighted by atomic mass is 9.93. The Bertz CT molecular complexity index is 3320. The minimum atomic E-state index is 0.589. The van der Waals surface area contributed by atoms with Crippen molar-refractivity contribution < 1.29 is 4.42 Å². The summed E-state index contributed by atoms with van der Waals surface area (Å²) in [6, 6.07) is 78.3. The second-order valence-corrected chi connectivity index (χ2v) is 15.2. The largest absolute Gasteiger partial charge is 0.456 e. The van der Waals surface area contributed by atoms with E-state index >= 15 is 0 Å². The van der Waals surface area contributed by atoms with Crippen LogP contribution in [0.25, 0.3) is 112 Å². The lowest BCUT2D eigenvalue weighted by Gasteiger charge is -2.11. The molecule has 0 saturated heterocycles. The lowest BCUT2D eigenvalue weighted by Crippen LogP contribution is -2.00. The predicted octanol–water partition coefficient (Wildman–Crippen LogP) is 15.1. The molecular weight excluding hydrogens is 743 g/mol. The van der Waals surface area contributed by atoms with Crippen LogP contribution in [-0.2, 0) is 0 Å². The number of nitrogens with zero attached hydrogens (tertiary/aromatic N) is 3. The predicted molar refractivity (Wildman–Crippen MR) is 251 cm³/mol. The van der Waals surface area contributed by atoms with Crippen LogP contribution in [0.5, 0.6) is 0 Å². The third kappa shape index (κ3) is 6.96. The molecule has 0 spiro atoms. The van der Waals surface area contributed by atoms with Gasteiger partial charge < -0.3 is 4.42 Å². The van der Waals surface area contributed by atoms with Crippen molar-refractivity contribution in [2.75, 3.05) is 0 Å². The Morgan fingerprint density at radius 1 is 0.246 bits per heavy atom. The Kier molecular flexibility index (Phi) is 9.14. The molecule has 4 heteroatoms. The molecule has 11 rings (SSSR count). The van der Waals surface area contributed by atoms with Crippen molar-refractivity contribution in [3.05, 3.63) is 224 Å². The maximum Gasteiger partial charge on any atom is 0.164 e. The van der Waals surface area contributed by atoms with Crippen molar-refractivity contribution in [1.82, 2.24) is 15.0 Å². The van der Waals surface area contributed by atoms with Crippen LogP contribution in [0.3, 0.4) is 0 Å². The molecule has 2 heterocycles. The summed E-state index contributed by atoms with van der Waals surface area (Å²) in [7, 11) is 0. The Morgan fingerprint density at radius 2 is 0.639 bits per heavy atom. The molecule has 0 saturated carbocycles. The zero-order valence-corrected chi connectivity index (χ0v) is 33.1. The lowest BCUT2D eigenvalue weighted by molar-refractivity contribution is 0.669. The van der Waals surface area contributed by atoms with Crippen LogP contribution in [0.15, 0.2) is 229 Å². The highest BCUT2D eigenvalue weighted by molar-refractivity contribution is 6.12. The number of hydrogen-bond acceptors (Lipinski definition) is 4. The van der Waals surface area contributed by atoms with E-state index in [0.29, 0.717) is 17.5 Å². The number of rotatable bonds is 8. The van der Waals surface area contributed by atoms with E-state index in [0.717, 1.165) is 72.0 Å². The van der Waals surface area contributed by atoms with Crippen molar-refractivity contribution in [2.45, 2.75) is 0 Å². The van der Waals surface area contributed by atoms with Gasteiger partial charge in [-0.1, -0.05) is 200 Å². The van der Waals surface area contributed by atoms with Gasteiger partial charge in [0.05, 0.1) is 0 Å². The molecule has 286 valence electrons. The van der Waals surface area contributed by atoms with Crippen LogP contribution >= 0.6 is 0 Å². The summed E-state index contributed by atoms with van der Waals surface area (Å²) >= 11 is 0. The van der Waals surface area contributed by atoms with Gasteiger partial charge >= 0.3 is 0 Å². The summed E-state index contributed by atoms with van der Waals surface area (Å²) in [5.41, 5.74) is 16.0. The van der Waals surface area contributed by atoms with Gasteiger partial charge in [-0.2, -0.15) is 0 Å². The molecule has 0 unspecified atom stereocenters. The summed E-state index contributed by atoms with van der Waals surface area (Å²) in [6.07, 6.45) is 0. The van der Waals surface area contributed by atoms with Crippen LogP contribution in [0.4, 0.5) is 0 Å². The average molecular weight is 780 g/mol. The van der Waals surface area contributed by atoms with Gasteiger partial charge in [0, 0.05) is 27.5 Å². The van der Waals surface area contributed by atoms with Crippen LogP contribution < -0.4 is 0 Å². The number of fused-ring (bicyclic) bond motifs is 3. The quantitative estimate of drug-likeness (QED) is 0.154. The molecule has 0 radical (unpaired) electrons. The number of benzene rings is 9. The Labute approximate surface area is 354 Å². The zero-order chi connectivity index (χ0) is 40.5. The van der Waals surface area contributed by atoms with Crippen molar-refractivity contribution in [1.29, 1.82) is 0 Å². The summed E-state index contributed by atoms with van der Waals surface area (Å²) in [6.45, 7) is 0. The highest BCUT2D eigenvalue weighted by Gasteiger charge is 2.19. The van der Waals surface area contributed by atoms with Gasteiger partial charge in [-0.15, -0.1) is 0 Å².